The second kappa shape index (κ2) is 9.89. The minimum atomic E-state index is -1.29. The first-order valence-electron chi connectivity index (χ1n) is 6.82. The van der Waals surface area contributed by atoms with Gasteiger partial charge < -0.3 is 19.3 Å². The summed E-state index contributed by atoms with van der Waals surface area (Å²) in [5.41, 5.74) is 0. The zero-order chi connectivity index (χ0) is 16.4. The van der Waals surface area contributed by atoms with Crippen molar-refractivity contribution < 1.29 is 33.7 Å². The third-order valence-electron chi connectivity index (χ3n) is 2.89. The molecule has 1 aliphatic rings. The monoisotopic (exact) mass is 313 g/mol. The van der Waals surface area contributed by atoms with E-state index >= 15 is 0 Å². The lowest BCUT2D eigenvalue weighted by molar-refractivity contribution is -0.157. The molecule has 1 atom stereocenters. The Morgan fingerprint density at radius 2 is 1.68 bits per heavy atom. The van der Waals surface area contributed by atoms with Gasteiger partial charge in [0.2, 0.25) is 11.8 Å². The number of carboxylic acids is 1. The van der Waals surface area contributed by atoms with Crippen LogP contribution in [0.25, 0.3) is 0 Å². The van der Waals surface area contributed by atoms with E-state index in [2.05, 4.69) is 5.92 Å². The Morgan fingerprint density at radius 3 is 2.23 bits per heavy atom. The highest BCUT2D eigenvalue weighted by molar-refractivity contribution is 6.04. The quantitative estimate of drug-likeness (QED) is 0.305. The Balaban J connectivity index is 2.20. The largest absolute Gasteiger partial charge is 0.480 e. The number of hydrogen-bond acceptors (Lipinski definition) is 6. The van der Waals surface area contributed by atoms with Crippen molar-refractivity contribution in [2.45, 2.75) is 18.9 Å². The molecular formula is C14H19NO7. The zero-order valence-corrected chi connectivity index (χ0v) is 12.2. The summed E-state index contributed by atoms with van der Waals surface area (Å²) in [6.07, 6.45) is 5.09. The number of terminal acetylenes is 1. The maximum atomic E-state index is 11.5. The van der Waals surface area contributed by atoms with Gasteiger partial charge in [0.25, 0.3) is 0 Å². The lowest BCUT2D eigenvalue weighted by Gasteiger charge is -2.22. The van der Waals surface area contributed by atoms with E-state index in [0.717, 1.165) is 4.90 Å². The molecule has 0 spiro atoms. The number of ether oxygens (including phenoxy) is 3. The van der Waals surface area contributed by atoms with Crippen LogP contribution >= 0.6 is 0 Å². The van der Waals surface area contributed by atoms with Gasteiger partial charge in [-0.2, -0.15) is 0 Å². The maximum absolute atomic E-state index is 11.5. The van der Waals surface area contributed by atoms with Gasteiger partial charge in [-0.05, 0) is 0 Å². The second-order valence-corrected chi connectivity index (χ2v) is 4.46. The van der Waals surface area contributed by atoms with Gasteiger partial charge in [0.1, 0.15) is 6.61 Å². The van der Waals surface area contributed by atoms with Gasteiger partial charge >= 0.3 is 5.97 Å². The van der Waals surface area contributed by atoms with Gasteiger partial charge in [0, 0.05) is 12.8 Å². The number of imide groups is 1. The molecule has 0 aliphatic carbocycles. The Labute approximate surface area is 128 Å². The third-order valence-corrected chi connectivity index (χ3v) is 2.89. The molecule has 0 aromatic carbocycles. The summed E-state index contributed by atoms with van der Waals surface area (Å²) in [6, 6.07) is -1.29. The molecule has 1 N–H and O–H groups in total. The van der Waals surface area contributed by atoms with Crippen molar-refractivity contribution >= 4 is 17.8 Å². The molecule has 8 heteroatoms. The van der Waals surface area contributed by atoms with Crippen molar-refractivity contribution in [3.8, 4) is 12.3 Å². The van der Waals surface area contributed by atoms with Gasteiger partial charge in [-0.3, -0.25) is 14.5 Å². The molecule has 0 radical (unpaired) electrons. The van der Waals surface area contributed by atoms with Crippen molar-refractivity contribution in [1.82, 2.24) is 4.90 Å². The van der Waals surface area contributed by atoms with E-state index in [1.807, 2.05) is 0 Å². The van der Waals surface area contributed by atoms with E-state index < -0.39 is 23.8 Å². The molecule has 0 aromatic rings. The van der Waals surface area contributed by atoms with Crippen LogP contribution in [0.3, 0.4) is 0 Å². The molecular weight excluding hydrogens is 294 g/mol. The first kappa shape index (κ1) is 18.1. The minimum Gasteiger partial charge on any atom is -0.480 e. The number of nitrogens with zero attached hydrogens (tertiary/aromatic N) is 1. The summed E-state index contributed by atoms with van der Waals surface area (Å²) in [4.78, 5) is 35.0. The topological polar surface area (TPSA) is 102 Å². The van der Waals surface area contributed by atoms with Crippen LogP contribution in [0.15, 0.2) is 0 Å². The molecule has 2 amide bonds. The van der Waals surface area contributed by atoms with E-state index in [9.17, 15) is 14.4 Å². The Morgan fingerprint density at radius 1 is 1.14 bits per heavy atom. The van der Waals surface area contributed by atoms with E-state index in [4.69, 9.17) is 25.7 Å². The average Bonchev–Trinajstić information content (AvgIpc) is 2.80. The fraction of sp³-hybridized carbons (Fsp3) is 0.643. The second-order valence-electron chi connectivity index (χ2n) is 4.46. The highest BCUT2D eigenvalue weighted by Crippen LogP contribution is 2.16. The lowest BCUT2D eigenvalue weighted by atomic mass is 10.3. The van der Waals surface area contributed by atoms with Crippen molar-refractivity contribution in [3.05, 3.63) is 0 Å². The molecule has 8 nitrogen and oxygen atoms in total. The van der Waals surface area contributed by atoms with Crippen LogP contribution in [0.5, 0.6) is 0 Å². The SMILES string of the molecule is C#CCOCCOCCOCC(C(=O)O)N1C(=O)CCC1=O. The molecule has 1 heterocycles. The molecule has 1 fully saturated rings. The average molecular weight is 313 g/mol. The number of aliphatic carboxylic acids is 1. The fourth-order valence-corrected chi connectivity index (χ4v) is 1.86. The van der Waals surface area contributed by atoms with Crippen LogP contribution in [-0.4, -0.2) is 73.5 Å². The third kappa shape index (κ3) is 5.81. The first-order valence-corrected chi connectivity index (χ1v) is 6.82. The van der Waals surface area contributed by atoms with Crippen LogP contribution in [0.2, 0.25) is 0 Å². The van der Waals surface area contributed by atoms with Crippen molar-refractivity contribution in [3.63, 3.8) is 0 Å². The number of carboxylic acid groups (broad SMARTS) is 1. The molecule has 1 rings (SSSR count). The normalized spacial score (nSPS) is 15.9. The lowest BCUT2D eigenvalue weighted by Crippen LogP contribution is -2.47. The molecule has 1 saturated heterocycles. The van der Waals surface area contributed by atoms with Crippen LogP contribution in [0.4, 0.5) is 0 Å². The van der Waals surface area contributed by atoms with Crippen LogP contribution in [0.1, 0.15) is 12.8 Å². The van der Waals surface area contributed by atoms with Crippen molar-refractivity contribution in [2.75, 3.05) is 39.6 Å². The Hall–Kier alpha value is -1.95. The summed E-state index contributed by atoms with van der Waals surface area (Å²) < 4.78 is 15.3. The molecule has 1 unspecified atom stereocenters. The van der Waals surface area contributed by atoms with Crippen LogP contribution in [0, 0.1) is 12.3 Å². The summed E-state index contributed by atoms with van der Waals surface area (Å²) in [5, 5.41) is 9.10. The van der Waals surface area contributed by atoms with Crippen molar-refractivity contribution in [2.24, 2.45) is 0 Å². The molecule has 122 valence electrons. The fourth-order valence-electron chi connectivity index (χ4n) is 1.86. The standard InChI is InChI=1S/C14H19NO7/c1-2-5-20-6-7-21-8-9-22-10-11(14(18)19)15-12(16)3-4-13(15)17/h1,11H,3-10H2,(H,18,19). The van der Waals surface area contributed by atoms with Crippen molar-refractivity contribution in [1.29, 1.82) is 0 Å². The first-order chi connectivity index (χ1) is 10.6. The van der Waals surface area contributed by atoms with Gasteiger partial charge in [-0.25, -0.2) is 4.79 Å². The molecule has 22 heavy (non-hydrogen) atoms. The maximum Gasteiger partial charge on any atom is 0.329 e. The molecule has 0 aromatic heterocycles. The summed E-state index contributed by atoms with van der Waals surface area (Å²) in [6.45, 7) is 1.06. The van der Waals surface area contributed by atoms with Gasteiger partial charge in [-0.1, -0.05) is 5.92 Å². The number of carbonyl (C=O) groups excluding carboxylic acids is 2. The Bertz CT molecular complexity index is 427. The van der Waals surface area contributed by atoms with E-state index in [1.54, 1.807) is 0 Å². The van der Waals surface area contributed by atoms with Gasteiger partial charge in [0.15, 0.2) is 6.04 Å². The van der Waals surface area contributed by atoms with Gasteiger partial charge in [0.05, 0.1) is 33.0 Å². The zero-order valence-electron chi connectivity index (χ0n) is 12.2. The van der Waals surface area contributed by atoms with E-state index in [0.29, 0.717) is 13.2 Å². The number of hydrogen-bond donors (Lipinski definition) is 1. The highest BCUT2D eigenvalue weighted by Gasteiger charge is 2.38. The van der Waals surface area contributed by atoms with E-state index in [-0.39, 0.29) is 39.3 Å². The molecule has 1 aliphatic heterocycles. The highest BCUT2D eigenvalue weighted by atomic mass is 16.5. The number of carbonyl (C=O) groups is 3. The summed E-state index contributed by atoms with van der Waals surface area (Å²) in [5.74, 6) is 0.0801. The number of amides is 2. The number of likely N-dealkylation sites (tertiary alicyclic amines) is 1. The smallest absolute Gasteiger partial charge is 0.329 e. The van der Waals surface area contributed by atoms with E-state index in [1.165, 1.54) is 0 Å². The van der Waals surface area contributed by atoms with Gasteiger partial charge in [-0.15, -0.1) is 6.42 Å². The van der Waals surface area contributed by atoms with Crippen LogP contribution < -0.4 is 0 Å². The predicted octanol–water partition coefficient (Wildman–Crippen LogP) is -0.728. The molecule has 0 saturated carbocycles. The summed E-state index contributed by atoms with van der Waals surface area (Å²) >= 11 is 0. The van der Waals surface area contributed by atoms with Crippen LogP contribution in [-0.2, 0) is 28.6 Å². The predicted molar refractivity (Wildman–Crippen MR) is 73.8 cm³/mol. The molecule has 0 bridgehead atoms. The Kier molecular flexibility index (Phi) is 8.14. The summed E-state index contributed by atoms with van der Waals surface area (Å²) in [7, 11) is 0. The minimum absolute atomic E-state index is 0.0450. The number of rotatable bonds is 11.